The first-order valence-electron chi connectivity index (χ1n) is 5.66. The molecule has 0 fully saturated rings. The van der Waals surface area contributed by atoms with Crippen LogP contribution in [0, 0.1) is 0 Å². The minimum atomic E-state index is 0.0851. The van der Waals surface area contributed by atoms with Crippen LogP contribution in [-0.2, 0) is 4.79 Å². The zero-order valence-electron chi connectivity index (χ0n) is 9.73. The molecule has 0 heterocycles. The Balaban J connectivity index is 3.67. The molecule has 0 aromatic carbocycles. The van der Waals surface area contributed by atoms with Crippen LogP contribution >= 0.6 is 0 Å². The van der Waals surface area contributed by atoms with Crippen molar-refractivity contribution in [3.05, 3.63) is 0 Å². The normalized spacial score (nSPS) is 12.8. The van der Waals surface area contributed by atoms with Crippen molar-refractivity contribution >= 4 is 5.78 Å². The van der Waals surface area contributed by atoms with E-state index in [0.717, 1.165) is 32.4 Å². The van der Waals surface area contributed by atoms with Gasteiger partial charge in [0.25, 0.3) is 0 Å². The Morgan fingerprint density at radius 1 is 1.29 bits per heavy atom. The highest BCUT2D eigenvalue weighted by Crippen LogP contribution is 2.03. The molecular formula is C11H24N2O. The number of hydrogen-bond acceptors (Lipinski definition) is 3. The number of nitrogens with one attached hydrogen (secondary N) is 2. The van der Waals surface area contributed by atoms with Gasteiger partial charge in [-0.25, -0.2) is 0 Å². The van der Waals surface area contributed by atoms with Crippen molar-refractivity contribution < 1.29 is 4.79 Å². The zero-order chi connectivity index (χ0) is 10.8. The van der Waals surface area contributed by atoms with Crippen LogP contribution in [0.15, 0.2) is 0 Å². The summed E-state index contributed by atoms with van der Waals surface area (Å²) in [7, 11) is 1.96. The van der Waals surface area contributed by atoms with Crippen LogP contribution in [0.4, 0.5) is 0 Å². The Hall–Kier alpha value is -0.410. The first kappa shape index (κ1) is 13.6. The zero-order valence-corrected chi connectivity index (χ0v) is 9.73. The molecule has 2 N–H and O–H groups in total. The van der Waals surface area contributed by atoms with Gasteiger partial charge in [-0.15, -0.1) is 0 Å². The maximum Gasteiger partial charge on any atom is 0.149 e. The van der Waals surface area contributed by atoms with Crippen LogP contribution in [0.2, 0.25) is 0 Å². The molecule has 0 aliphatic heterocycles. The second kappa shape index (κ2) is 9.16. The Kier molecular flexibility index (Phi) is 8.89. The third kappa shape index (κ3) is 6.11. The van der Waals surface area contributed by atoms with Crippen molar-refractivity contribution in [1.82, 2.24) is 10.6 Å². The summed E-state index contributed by atoms with van der Waals surface area (Å²) in [5, 5.41) is 6.35. The van der Waals surface area contributed by atoms with E-state index in [1.807, 2.05) is 20.9 Å². The molecule has 14 heavy (non-hydrogen) atoms. The molecule has 0 aliphatic carbocycles. The molecule has 84 valence electrons. The molecule has 0 aromatic rings. The summed E-state index contributed by atoms with van der Waals surface area (Å²) in [6.45, 7) is 5.89. The maximum atomic E-state index is 11.5. The van der Waals surface area contributed by atoms with E-state index in [4.69, 9.17) is 0 Å². The van der Waals surface area contributed by atoms with Crippen LogP contribution in [-0.4, -0.2) is 32.0 Å². The van der Waals surface area contributed by atoms with Gasteiger partial charge >= 0.3 is 0 Å². The van der Waals surface area contributed by atoms with Gasteiger partial charge in [-0.2, -0.15) is 0 Å². The predicted octanol–water partition coefficient (Wildman–Crippen LogP) is 1.33. The summed E-state index contributed by atoms with van der Waals surface area (Å²) in [6, 6.07) is 0.0851. The van der Waals surface area contributed by atoms with Crippen molar-refractivity contribution in [3.8, 4) is 0 Å². The van der Waals surface area contributed by atoms with Gasteiger partial charge in [0.05, 0.1) is 6.04 Å². The molecule has 0 saturated heterocycles. The lowest BCUT2D eigenvalue weighted by atomic mass is 10.0. The fourth-order valence-electron chi connectivity index (χ4n) is 1.52. The van der Waals surface area contributed by atoms with Crippen LogP contribution in [0.5, 0.6) is 0 Å². The highest BCUT2D eigenvalue weighted by atomic mass is 16.1. The van der Waals surface area contributed by atoms with Crippen LogP contribution in [0.3, 0.4) is 0 Å². The number of ketones is 1. The molecular weight excluding hydrogens is 176 g/mol. The maximum absolute atomic E-state index is 11.5. The van der Waals surface area contributed by atoms with Gasteiger partial charge in [-0.3, -0.25) is 4.79 Å². The minimum absolute atomic E-state index is 0.0851. The summed E-state index contributed by atoms with van der Waals surface area (Å²) in [5.41, 5.74) is 0. The first-order chi connectivity index (χ1) is 6.76. The minimum Gasteiger partial charge on any atom is -0.320 e. The van der Waals surface area contributed by atoms with E-state index < -0.39 is 0 Å². The van der Waals surface area contributed by atoms with E-state index in [1.165, 1.54) is 0 Å². The van der Waals surface area contributed by atoms with Crippen molar-refractivity contribution in [3.63, 3.8) is 0 Å². The van der Waals surface area contributed by atoms with Gasteiger partial charge in [0.1, 0.15) is 5.78 Å². The number of likely N-dealkylation sites (N-methyl/N-ethyl adjacent to an activating group) is 1. The first-order valence-corrected chi connectivity index (χ1v) is 5.66. The summed E-state index contributed by atoms with van der Waals surface area (Å²) >= 11 is 0. The van der Waals surface area contributed by atoms with Gasteiger partial charge < -0.3 is 10.6 Å². The smallest absolute Gasteiger partial charge is 0.149 e. The third-order valence-corrected chi connectivity index (χ3v) is 2.36. The number of Topliss-reactive ketones (excluding diaryl/α,β-unsaturated/α-hetero) is 1. The highest BCUT2D eigenvalue weighted by Gasteiger charge is 2.13. The molecule has 1 atom stereocenters. The molecule has 0 aromatic heterocycles. The van der Waals surface area contributed by atoms with E-state index in [-0.39, 0.29) is 6.04 Å². The van der Waals surface area contributed by atoms with E-state index in [2.05, 4.69) is 10.6 Å². The molecule has 0 radical (unpaired) electrons. The SMILES string of the molecule is CCN[C@@H](CCCCNC)C(=O)CC. The monoisotopic (exact) mass is 200 g/mol. The number of carbonyl (C=O) groups is 1. The summed E-state index contributed by atoms with van der Waals surface area (Å²) < 4.78 is 0. The van der Waals surface area contributed by atoms with Gasteiger partial charge in [0.2, 0.25) is 0 Å². The Morgan fingerprint density at radius 2 is 2.00 bits per heavy atom. The summed E-state index contributed by atoms with van der Waals surface area (Å²) in [5.74, 6) is 0.344. The molecule has 0 saturated carbocycles. The number of hydrogen-bond donors (Lipinski definition) is 2. The number of carbonyl (C=O) groups excluding carboxylic acids is 1. The topological polar surface area (TPSA) is 41.1 Å². The molecule has 0 unspecified atom stereocenters. The largest absolute Gasteiger partial charge is 0.320 e. The van der Waals surface area contributed by atoms with E-state index in [0.29, 0.717) is 12.2 Å². The Morgan fingerprint density at radius 3 is 2.50 bits per heavy atom. The summed E-state index contributed by atoms with van der Waals surface area (Å²) in [4.78, 5) is 11.5. The van der Waals surface area contributed by atoms with Crippen molar-refractivity contribution in [2.75, 3.05) is 20.1 Å². The quantitative estimate of drug-likeness (QED) is 0.552. The molecule has 0 spiro atoms. The number of unbranched alkanes of at least 4 members (excludes halogenated alkanes) is 1. The molecule has 0 bridgehead atoms. The third-order valence-electron chi connectivity index (χ3n) is 2.36. The molecule has 3 nitrogen and oxygen atoms in total. The summed E-state index contributed by atoms with van der Waals surface area (Å²) in [6.07, 6.45) is 3.88. The highest BCUT2D eigenvalue weighted by molar-refractivity contribution is 5.83. The number of rotatable bonds is 9. The average molecular weight is 200 g/mol. The lowest BCUT2D eigenvalue weighted by Crippen LogP contribution is -2.36. The second-order valence-electron chi connectivity index (χ2n) is 3.53. The molecule has 0 rings (SSSR count). The van der Waals surface area contributed by atoms with Gasteiger partial charge in [-0.1, -0.05) is 20.3 Å². The fourth-order valence-corrected chi connectivity index (χ4v) is 1.52. The molecule has 0 aliphatic rings. The van der Waals surface area contributed by atoms with Gasteiger partial charge in [0, 0.05) is 6.42 Å². The second-order valence-corrected chi connectivity index (χ2v) is 3.53. The van der Waals surface area contributed by atoms with Gasteiger partial charge in [-0.05, 0) is 33.0 Å². The fraction of sp³-hybridized carbons (Fsp3) is 0.909. The average Bonchev–Trinajstić information content (AvgIpc) is 2.21. The van der Waals surface area contributed by atoms with Crippen molar-refractivity contribution in [2.45, 2.75) is 45.6 Å². The van der Waals surface area contributed by atoms with Crippen molar-refractivity contribution in [1.29, 1.82) is 0 Å². The van der Waals surface area contributed by atoms with Crippen molar-refractivity contribution in [2.24, 2.45) is 0 Å². The lowest BCUT2D eigenvalue weighted by molar-refractivity contribution is -0.120. The van der Waals surface area contributed by atoms with E-state index in [9.17, 15) is 4.79 Å². The predicted molar refractivity (Wildman–Crippen MR) is 60.5 cm³/mol. The lowest BCUT2D eigenvalue weighted by Gasteiger charge is -2.15. The van der Waals surface area contributed by atoms with Crippen LogP contribution < -0.4 is 10.6 Å². The molecule has 3 heteroatoms. The molecule has 0 amide bonds. The Labute approximate surface area is 87.6 Å². The van der Waals surface area contributed by atoms with Crippen LogP contribution in [0.1, 0.15) is 39.5 Å². The Bertz CT molecular complexity index is 148. The van der Waals surface area contributed by atoms with E-state index >= 15 is 0 Å². The van der Waals surface area contributed by atoms with Gasteiger partial charge in [0.15, 0.2) is 0 Å². The standard InChI is InChI=1S/C11H24N2O/c1-4-11(14)10(13-5-2)8-6-7-9-12-3/h10,12-13H,4-9H2,1-3H3/t10-/m0/s1. The van der Waals surface area contributed by atoms with Crippen LogP contribution in [0.25, 0.3) is 0 Å². The van der Waals surface area contributed by atoms with E-state index in [1.54, 1.807) is 0 Å².